The van der Waals surface area contributed by atoms with Crippen LogP contribution in [-0.2, 0) is 17.6 Å². The van der Waals surface area contributed by atoms with Gasteiger partial charge in [0, 0.05) is 16.3 Å². The molecule has 0 unspecified atom stereocenters. The first-order valence-corrected chi connectivity index (χ1v) is 12.2. The summed E-state index contributed by atoms with van der Waals surface area (Å²) in [6.07, 6.45) is 0.541. The van der Waals surface area contributed by atoms with E-state index in [0.717, 1.165) is 29.7 Å². The van der Waals surface area contributed by atoms with Crippen LogP contribution < -0.4 is 15.5 Å². The normalized spacial score (nSPS) is 11.9. The molecule has 1 atom stereocenters. The van der Waals surface area contributed by atoms with Crippen LogP contribution in [0.4, 0.5) is 5.69 Å². The van der Waals surface area contributed by atoms with Crippen molar-refractivity contribution in [2.75, 3.05) is 5.32 Å². The lowest BCUT2D eigenvalue weighted by Crippen LogP contribution is -2.32. The van der Waals surface area contributed by atoms with Gasteiger partial charge in [0.05, 0.1) is 10.4 Å². The summed E-state index contributed by atoms with van der Waals surface area (Å²) in [5.74, 6) is -0.329. The molecule has 0 fully saturated rings. The van der Waals surface area contributed by atoms with Crippen LogP contribution in [0.2, 0.25) is 10.0 Å². The number of carbonyl (C=O) groups is 1. The molecule has 0 aliphatic rings. The van der Waals surface area contributed by atoms with Gasteiger partial charge in [-0.3, -0.25) is 9.59 Å². The Bertz CT molecular complexity index is 1440. The molecule has 1 aromatic heterocycles. The lowest BCUT2D eigenvalue weighted by Gasteiger charge is -2.19. The monoisotopic (exact) mass is 509 g/mol. The third-order valence-corrected chi connectivity index (χ3v) is 6.40. The van der Waals surface area contributed by atoms with Gasteiger partial charge in [0.25, 0.3) is 5.91 Å². The minimum atomic E-state index is -0.995. The number of fused-ring (bicyclic) bond motifs is 1. The molecule has 3 aromatic carbocycles. The van der Waals surface area contributed by atoms with E-state index in [1.54, 1.807) is 43.3 Å². The van der Waals surface area contributed by atoms with Gasteiger partial charge in [0.2, 0.25) is 11.2 Å². The lowest BCUT2D eigenvalue weighted by molar-refractivity contribution is -0.122. The van der Waals surface area contributed by atoms with Gasteiger partial charge >= 0.3 is 0 Å². The molecule has 4 aromatic rings. The van der Waals surface area contributed by atoms with Gasteiger partial charge in [-0.15, -0.1) is 0 Å². The summed E-state index contributed by atoms with van der Waals surface area (Å²) in [5.41, 5.74) is 3.22. The highest BCUT2D eigenvalue weighted by Gasteiger charge is 2.25. The van der Waals surface area contributed by atoms with E-state index in [0.29, 0.717) is 21.2 Å². The van der Waals surface area contributed by atoms with Crippen molar-refractivity contribution in [1.82, 2.24) is 0 Å². The molecule has 4 rings (SSSR count). The first-order valence-electron chi connectivity index (χ1n) is 11.4. The first kappa shape index (κ1) is 24.8. The van der Waals surface area contributed by atoms with Crippen molar-refractivity contribution in [3.63, 3.8) is 0 Å². The number of aryl methyl sites for hydroxylation is 2. The average molecular weight is 510 g/mol. The number of hydrogen-bond acceptors (Lipinski definition) is 4. The Morgan fingerprint density at radius 2 is 1.69 bits per heavy atom. The van der Waals surface area contributed by atoms with Gasteiger partial charge in [0.1, 0.15) is 5.58 Å². The molecular formula is C28H25Cl2NO4. The highest BCUT2D eigenvalue weighted by molar-refractivity contribution is 6.33. The smallest absolute Gasteiger partial charge is 0.265 e. The van der Waals surface area contributed by atoms with Gasteiger partial charge in [0.15, 0.2) is 11.9 Å². The first-order chi connectivity index (χ1) is 16.8. The van der Waals surface area contributed by atoms with Crippen LogP contribution in [-0.4, -0.2) is 12.0 Å². The Balaban J connectivity index is 1.76. The van der Waals surface area contributed by atoms with Gasteiger partial charge in [-0.2, -0.15) is 0 Å². The Labute approximate surface area is 213 Å². The van der Waals surface area contributed by atoms with E-state index in [2.05, 4.69) is 5.32 Å². The fourth-order valence-electron chi connectivity index (χ4n) is 3.94. The van der Waals surface area contributed by atoms with Crippen LogP contribution in [0.25, 0.3) is 22.3 Å². The van der Waals surface area contributed by atoms with E-state index in [9.17, 15) is 9.59 Å². The van der Waals surface area contributed by atoms with E-state index in [1.165, 1.54) is 6.07 Å². The zero-order valence-electron chi connectivity index (χ0n) is 19.7. The molecule has 0 aliphatic carbocycles. The number of hydrogen-bond donors (Lipinski definition) is 1. The molecule has 0 saturated heterocycles. The predicted octanol–water partition coefficient (Wildman–Crippen LogP) is 7.30. The quantitative estimate of drug-likeness (QED) is 0.283. The molecule has 0 radical (unpaired) electrons. The number of ether oxygens (including phenoxy) is 1. The largest absolute Gasteiger partial charge is 0.473 e. The minimum Gasteiger partial charge on any atom is -0.473 e. The van der Waals surface area contributed by atoms with Crippen LogP contribution in [0.3, 0.4) is 0 Å². The third kappa shape index (κ3) is 5.07. The molecule has 180 valence electrons. The number of nitrogens with one attached hydrogen (secondary N) is 1. The summed E-state index contributed by atoms with van der Waals surface area (Å²) < 4.78 is 12.1. The number of amides is 1. The molecule has 0 bridgehead atoms. The Hall–Kier alpha value is -3.28. The van der Waals surface area contributed by atoms with Crippen molar-refractivity contribution in [3.05, 3.63) is 92.1 Å². The molecule has 0 spiro atoms. The minimum absolute atomic E-state index is 0.102. The summed E-state index contributed by atoms with van der Waals surface area (Å²) >= 11 is 12.5. The van der Waals surface area contributed by atoms with Gasteiger partial charge in [-0.25, -0.2) is 0 Å². The number of benzene rings is 3. The lowest BCUT2D eigenvalue weighted by atomic mass is 10.0. The zero-order chi connectivity index (χ0) is 25.1. The van der Waals surface area contributed by atoms with Crippen LogP contribution in [0.15, 0.2) is 69.9 Å². The highest BCUT2D eigenvalue weighted by Crippen LogP contribution is 2.36. The van der Waals surface area contributed by atoms with Gasteiger partial charge in [-0.05, 0) is 61.2 Å². The zero-order valence-corrected chi connectivity index (χ0v) is 21.2. The van der Waals surface area contributed by atoms with Crippen molar-refractivity contribution in [3.8, 4) is 17.1 Å². The molecule has 5 nitrogen and oxygen atoms in total. The molecule has 1 heterocycles. The van der Waals surface area contributed by atoms with E-state index in [4.69, 9.17) is 32.4 Å². The maximum Gasteiger partial charge on any atom is 0.265 e. The number of halogens is 2. The summed E-state index contributed by atoms with van der Waals surface area (Å²) in [4.78, 5) is 26.7. The second kappa shape index (κ2) is 10.5. The number of carbonyl (C=O) groups excluding carboxylic acids is 1. The Morgan fingerprint density at radius 1 is 1.00 bits per heavy atom. The molecule has 7 heteroatoms. The number of para-hydroxylation sites is 1. The van der Waals surface area contributed by atoms with Crippen LogP contribution in [0.5, 0.6) is 5.75 Å². The summed E-state index contributed by atoms with van der Waals surface area (Å²) in [6.45, 7) is 5.66. The maximum atomic E-state index is 13.5. The summed E-state index contributed by atoms with van der Waals surface area (Å²) in [7, 11) is 0. The van der Waals surface area contributed by atoms with E-state index >= 15 is 0 Å². The SMILES string of the molecule is CCc1cccc(CC)c1NC(=O)[C@@H](C)Oc1c(-c2ccccc2Cl)oc2ccc(Cl)cc2c1=O. The standard InChI is InChI=1S/C28H25Cl2NO4/c1-4-17-9-8-10-18(5-2)24(17)31-28(33)16(3)34-27-25(32)21-15-19(29)13-14-23(21)35-26(27)20-11-6-7-12-22(20)30/h6-16H,4-5H2,1-3H3,(H,31,33)/t16-/m1/s1. The van der Waals surface area contributed by atoms with Crippen molar-refractivity contribution in [2.24, 2.45) is 0 Å². The van der Waals surface area contributed by atoms with Gasteiger partial charge in [-0.1, -0.05) is 67.4 Å². The molecule has 1 amide bonds. The molecule has 1 N–H and O–H groups in total. The van der Waals surface area contributed by atoms with E-state index < -0.39 is 11.5 Å². The van der Waals surface area contributed by atoms with Crippen molar-refractivity contribution < 1.29 is 13.9 Å². The second-order valence-electron chi connectivity index (χ2n) is 8.12. The number of anilines is 1. The highest BCUT2D eigenvalue weighted by atomic mass is 35.5. The maximum absolute atomic E-state index is 13.5. The fourth-order valence-corrected chi connectivity index (χ4v) is 4.33. The molecular weight excluding hydrogens is 485 g/mol. The van der Waals surface area contributed by atoms with Crippen molar-refractivity contribution in [2.45, 2.75) is 39.7 Å². The predicted molar refractivity (Wildman–Crippen MR) is 142 cm³/mol. The topological polar surface area (TPSA) is 68.5 Å². The van der Waals surface area contributed by atoms with Gasteiger partial charge < -0.3 is 14.5 Å². The van der Waals surface area contributed by atoms with E-state index in [1.807, 2.05) is 32.0 Å². The molecule has 0 saturated carbocycles. The second-order valence-corrected chi connectivity index (χ2v) is 8.96. The fraction of sp³-hybridized carbons (Fsp3) is 0.214. The Kier molecular flexibility index (Phi) is 7.48. The molecule has 35 heavy (non-hydrogen) atoms. The van der Waals surface area contributed by atoms with Crippen LogP contribution in [0, 0.1) is 0 Å². The summed E-state index contributed by atoms with van der Waals surface area (Å²) in [5, 5.41) is 4.01. The number of rotatable bonds is 7. The van der Waals surface area contributed by atoms with Crippen LogP contribution >= 0.6 is 23.2 Å². The average Bonchev–Trinajstić information content (AvgIpc) is 2.86. The van der Waals surface area contributed by atoms with Crippen LogP contribution in [0.1, 0.15) is 31.9 Å². The third-order valence-electron chi connectivity index (χ3n) is 5.84. The Morgan fingerprint density at radius 3 is 2.34 bits per heavy atom. The summed E-state index contributed by atoms with van der Waals surface area (Å²) in [6, 6.07) is 17.7. The van der Waals surface area contributed by atoms with Crippen molar-refractivity contribution in [1.29, 1.82) is 0 Å². The molecule has 0 aliphatic heterocycles. The van der Waals surface area contributed by atoms with E-state index in [-0.39, 0.29) is 22.8 Å². The van der Waals surface area contributed by atoms with Crippen molar-refractivity contribution >= 4 is 45.8 Å².